The molecule has 1 aromatic carbocycles. The third-order valence-electron chi connectivity index (χ3n) is 1.88. The molecule has 0 amide bonds. The lowest BCUT2D eigenvalue weighted by atomic mass is 10.1. The van der Waals surface area contributed by atoms with Crippen LogP contribution >= 0.6 is 11.8 Å². The normalized spacial score (nSPS) is 10.0. The molecule has 0 atom stereocenters. The average molecular weight is 226 g/mol. The molecule has 82 valence electrons. The SMILES string of the molecule is COc1ccc(C(=O)CSCCO)cc1. The molecule has 0 aliphatic carbocycles. The average Bonchev–Trinajstić information content (AvgIpc) is 2.29. The van der Waals surface area contributed by atoms with Crippen LogP contribution in [0.25, 0.3) is 0 Å². The number of hydrogen-bond donors (Lipinski definition) is 1. The Hall–Kier alpha value is -1.00. The third-order valence-corrected chi connectivity index (χ3v) is 2.82. The maximum absolute atomic E-state index is 11.6. The summed E-state index contributed by atoms with van der Waals surface area (Å²) in [6.07, 6.45) is 0. The summed E-state index contributed by atoms with van der Waals surface area (Å²) in [5.74, 6) is 1.83. The van der Waals surface area contributed by atoms with Crippen LogP contribution in [0.15, 0.2) is 24.3 Å². The van der Waals surface area contributed by atoms with Gasteiger partial charge in [-0.05, 0) is 24.3 Å². The molecule has 0 spiro atoms. The van der Waals surface area contributed by atoms with Crippen molar-refractivity contribution in [2.24, 2.45) is 0 Å². The first-order chi connectivity index (χ1) is 7.27. The molecule has 0 fully saturated rings. The first-order valence-electron chi connectivity index (χ1n) is 4.63. The Labute approximate surface area is 93.4 Å². The highest BCUT2D eigenvalue weighted by molar-refractivity contribution is 8.00. The Balaban J connectivity index is 2.50. The van der Waals surface area contributed by atoms with E-state index in [9.17, 15) is 4.79 Å². The van der Waals surface area contributed by atoms with Crippen molar-refractivity contribution >= 4 is 17.5 Å². The first kappa shape index (κ1) is 12.1. The molecule has 0 heterocycles. The van der Waals surface area contributed by atoms with Crippen LogP contribution in [0.3, 0.4) is 0 Å². The Kier molecular flexibility index (Phi) is 5.21. The maximum atomic E-state index is 11.6. The van der Waals surface area contributed by atoms with Gasteiger partial charge in [-0.3, -0.25) is 4.79 Å². The molecule has 1 rings (SSSR count). The van der Waals surface area contributed by atoms with E-state index >= 15 is 0 Å². The van der Waals surface area contributed by atoms with Crippen molar-refractivity contribution in [3.8, 4) is 5.75 Å². The summed E-state index contributed by atoms with van der Waals surface area (Å²) in [5, 5.41) is 8.57. The lowest BCUT2D eigenvalue weighted by Crippen LogP contribution is -2.03. The van der Waals surface area contributed by atoms with E-state index in [1.54, 1.807) is 31.4 Å². The zero-order chi connectivity index (χ0) is 11.1. The monoisotopic (exact) mass is 226 g/mol. The number of benzene rings is 1. The molecule has 0 saturated carbocycles. The molecule has 1 aromatic rings. The standard InChI is InChI=1S/C11H14O3S/c1-14-10-4-2-9(3-5-10)11(13)8-15-7-6-12/h2-5,12H,6-8H2,1H3. The summed E-state index contributed by atoms with van der Waals surface area (Å²) in [7, 11) is 1.59. The largest absolute Gasteiger partial charge is 0.497 e. The molecular weight excluding hydrogens is 212 g/mol. The Morgan fingerprint density at radius 3 is 2.60 bits per heavy atom. The van der Waals surface area contributed by atoms with Gasteiger partial charge in [0.15, 0.2) is 5.78 Å². The molecule has 1 N–H and O–H groups in total. The minimum absolute atomic E-state index is 0.0797. The van der Waals surface area contributed by atoms with Crippen molar-refractivity contribution in [2.75, 3.05) is 25.2 Å². The fourth-order valence-corrected chi connectivity index (χ4v) is 1.72. The van der Waals surface area contributed by atoms with E-state index in [0.717, 1.165) is 5.75 Å². The number of ether oxygens (including phenoxy) is 1. The summed E-state index contributed by atoms with van der Waals surface area (Å²) in [6, 6.07) is 7.04. The van der Waals surface area contributed by atoms with Crippen molar-refractivity contribution in [3.63, 3.8) is 0 Å². The summed E-state index contributed by atoms with van der Waals surface area (Å²) >= 11 is 1.44. The Morgan fingerprint density at radius 1 is 1.40 bits per heavy atom. The zero-order valence-electron chi connectivity index (χ0n) is 8.60. The van der Waals surface area contributed by atoms with Crippen LogP contribution in [0.4, 0.5) is 0 Å². The van der Waals surface area contributed by atoms with Crippen LogP contribution in [0.5, 0.6) is 5.75 Å². The molecule has 3 nitrogen and oxygen atoms in total. The van der Waals surface area contributed by atoms with Gasteiger partial charge >= 0.3 is 0 Å². The van der Waals surface area contributed by atoms with E-state index in [2.05, 4.69) is 0 Å². The lowest BCUT2D eigenvalue weighted by molar-refractivity contribution is 0.102. The Bertz CT molecular complexity index is 308. The number of hydrogen-bond acceptors (Lipinski definition) is 4. The molecule has 0 aliphatic heterocycles. The number of carbonyl (C=O) groups excluding carboxylic acids is 1. The van der Waals surface area contributed by atoms with Gasteiger partial charge in [0.05, 0.1) is 19.5 Å². The minimum atomic E-state index is 0.0797. The van der Waals surface area contributed by atoms with Crippen LogP contribution in [0, 0.1) is 0 Å². The number of aliphatic hydroxyl groups excluding tert-OH is 1. The smallest absolute Gasteiger partial charge is 0.172 e. The zero-order valence-corrected chi connectivity index (χ0v) is 9.42. The van der Waals surface area contributed by atoms with Crippen molar-refractivity contribution in [1.82, 2.24) is 0 Å². The number of thioether (sulfide) groups is 1. The highest BCUT2D eigenvalue weighted by Crippen LogP contribution is 2.13. The Morgan fingerprint density at radius 2 is 2.07 bits per heavy atom. The fraction of sp³-hybridized carbons (Fsp3) is 0.364. The number of rotatable bonds is 6. The second-order valence-electron chi connectivity index (χ2n) is 2.93. The van der Waals surface area contributed by atoms with Crippen LogP contribution in [0.1, 0.15) is 10.4 Å². The van der Waals surface area contributed by atoms with Gasteiger partial charge in [-0.2, -0.15) is 11.8 Å². The van der Waals surface area contributed by atoms with Crippen LogP contribution in [0.2, 0.25) is 0 Å². The summed E-state index contributed by atoms with van der Waals surface area (Å²) < 4.78 is 5.00. The number of Topliss-reactive ketones (excluding diaryl/α,β-unsaturated/α-hetero) is 1. The van der Waals surface area contributed by atoms with Crippen molar-refractivity contribution in [2.45, 2.75) is 0 Å². The van der Waals surface area contributed by atoms with Crippen LogP contribution in [-0.4, -0.2) is 36.1 Å². The van der Waals surface area contributed by atoms with Gasteiger partial charge in [-0.15, -0.1) is 0 Å². The van der Waals surface area contributed by atoms with E-state index in [1.807, 2.05) is 0 Å². The highest BCUT2D eigenvalue weighted by atomic mass is 32.2. The van der Waals surface area contributed by atoms with Gasteiger partial charge in [-0.1, -0.05) is 0 Å². The van der Waals surface area contributed by atoms with Gasteiger partial charge in [0, 0.05) is 11.3 Å². The van der Waals surface area contributed by atoms with Gasteiger partial charge in [0.1, 0.15) is 5.75 Å². The summed E-state index contributed by atoms with van der Waals surface area (Å²) in [4.78, 5) is 11.6. The van der Waals surface area contributed by atoms with E-state index < -0.39 is 0 Å². The number of aliphatic hydroxyl groups is 1. The summed E-state index contributed by atoms with van der Waals surface area (Å²) in [6.45, 7) is 0.112. The highest BCUT2D eigenvalue weighted by Gasteiger charge is 2.05. The minimum Gasteiger partial charge on any atom is -0.497 e. The van der Waals surface area contributed by atoms with Gasteiger partial charge in [0.25, 0.3) is 0 Å². The van der Waals surface area contributed by atoms with E-state index in [-0.39, 0.29) is 12.4 Å². The second-order valence-corrected chi connectivity index (χ2v) is 4.03. The number of ketones is 1. The predicted octanol–water partition coefficient (Wildman–Crippen LogP) is 1.60. The fourth-order valence-electron chi connectivity index (χ4n) is 1.09. The molecule has 0 aromatic heterocycles. The van der Waals surface area contributed by atoms with E-state index in [0.29, 0.717) is 17.1 Å². The molecule has 15 heavy (non-hydrogen) atoms. The number of carbonyl (C=O) groups is 1. The molecule has 0 unspecified atom stereocenters. The van der Waals surface area contributed by atoms with Gasteiger partial charge in [0.2, 0.25) is 0 Å². The molecule has 0 bridgehead atoms. The molecule has 0 radical (unpaired) electrons. The lowest BCUT2D eigenvalue weighted by Gasteiger charge is -2.02. The van der Waals surface area contributed by atoms with Crippen molar-refractivity contribution in [3.05, 3.63) is 29.8 Å². The number of methoxy groups -OCH3 is 1. The first-order valence-corrected chi connectivity index (χ1v) is 5.79. The van der Waals surface area contributed by atoms with Crippen molar-refractivity contribution < 1.29 is 14.6 Å². The van der Waals surface area contributed by atoms with Crippen molar-refractivity contribution in [1.29, 1.82) is 0 Å². The molecule has 0 aliphatic rings. The third kappa shape index (κ3) is 3.93. The quantitative estimate of drug-likeness (QED) is 0.591. The maximum Gasteiger partial charge on any atom is 0.172 e. The van der Waals surface area contributed by atoms with E-state index in [1.165, 1.54) is 11.8 Å². The van der Waals surface area contributed by atoms with Gasteiger partial charge in [-0.25, -0.2) is 0 Å². The molecular formula is C11H14O3S. The van der Waals surface area contributed by atoms with Gasteiger partial charge < -0.3 is 9.84 Å². The van der Waals surface area contributed by atoms with E-state index in [4.69, 9.17) is 9.84 Å². The van der Waals surface area contributed by atoms with Crippen LogP contribution in [-0.2, 0) is 0 Å². The molecule has 4 heteroatoms. The topological polar surface area (TPSA) is 46.5 Å². The second kappa shape index (κ2) is 6.48. The van der Waals surface area contributed by atoms with Crippen LogP contribution < -0.4 is 4.74 Å². The predicted molar refractivity (Wildman–Crippen MR) is 61.7 cm³/mol. The summed E-state index contributed by atoms with van der Waals surface area (Å²) in [5.41, 5.74) is 0.682. The molecule has 0 saturated heterocycles.